The second-order valence-corrected chi connectivity index (χ2v) is 3.55. The van der Waals surface area contributed by atoms with E-state index in [4.69, 9.17) is 10.4 Å². The number of carboxylic acid groups (broad SMARTS) is 1. The van der Waals surface area contributed by atoms with Crippen molar-refractivity contribution in [3.8, 4) is 6.07 Å². The number of nitriles is 1. The summed E-state index contributed by atoms with van der Waals surface area (Å²) in [5.41, 5.74) is 0.313. The standard InChI is InChI=1S/C11H13N3O3/c1-13(6-3-5-12)11(17)9-4-2-7-14(9)8-10(15)16/h2,4,7H,3,6,8H2,1H3,(H,15,16). The largest absolute Gasteiger partial charge is 0.480 e. The molecule has 1 N–H and O–H groups in total. The van der Waals surface area contributed by atoms with Gasteiger partial charge in [0.15, 0.2) is 0 Å². The molecule has 0 aliphatic heterocycles. The van der Waals surface area contributed by atoms with Gasteiger partial charge >= 0.3 is 5.97 Å². The zero-order chi connectivity index (χ0) is 12.8. The highest BCUT2D eigenvalue weighted by Crippen LogP contribution is 2.06. The predicted molar refractivity (Wildman–Crippen MR) is 59.3 cm³/mol. The summed E-state index contributed by atoms with van der Waals surface area (Å²) in [4.78, 5) is 23.9. The van der Waals surface area contributed by atoms with Crippen LogP contribution in [0.2, 0.25) is 0 Å². The number of nitrogens with zero attached hydrogens (tertiary/aromatic N) is 3. The Morgan fingerprint density at radius 2 is 2.29 bits per heavy atom. The summed E-state index contributed by atoms with van der Waals surface area (Å²) in [5.74, 6) is -1.29. The van der Waals surface area contributed by atoms with Crippen molar-refractivity contribution in [3.05, 3.63) is 24.0 Å². The molecule has 0 aliphatic rings. The van der Waals surface area contributed by atoms with Crippen LogP contribution in [-0.2, 0) is 11.3 Å². The van der Waals surface area contributed by atoms with Gasteiger partial charge < -0.3 is 14.6 Å². The van der Waals surface area contributed by atoms with Gasteiger partial charge in [0.2, 0.25) is 0 Å². The van der Waals surface area contributed by atoms with E-state index < -0.39 is 5.97 Å². The van der Waals surface area contributed by atoms with Gasteiger partial charge in [-0.2, -0.15) is 5.26 Å². The van der Waals surface area contributed by atoms with Crippen LogP contribution in [0.5, 0.6) is 0 Å². The molecule has 0 saturated carbocycles. The van der Waals surface area contributed by atoms with Crippen LogP contribution < -0.4 is 0 Å². The van der Waals surface area contributed by atoms with Crippen molar-refractivity contribution in [1.82, 2.24) is 9.47 Å². The second-order valence-electron chi connectivity index (χ2n) is 3.55. The van der Waals surface area contributed by atoms with Crippen LogP contribution in [0, 0.1) is 11.3 Å². The van der Waals surface area contributed by atoms with Gasteiger partial charge in [-0.25, -0.2) is 0 Å². The van der Waals surface area contributed by atoms with Gasteiger partial charge in [0.25, 0.3) is 5.91 Å². The summed E-state index contributed by atoms with van der Waals surface area (Å²) in [6, 6.07) is 5.13. The normalized spacial score (nSPS) is 9.65. The molecule has 1 aromatic heterocycles. The third-order valence-electron chi connectivity index (χ3n) is 2.26. The molecular weight excluding hydrogens is 222 g/mol. The van der Waals surface area contributed by atoms with Crippen molar-refractivity contribution in [1.29, 1.82) is 5.26 Å². The van der Waals surface area contributed by atoms with Gasteiger partial charge in [-0.3, -0.25) is 9.59 Å². The minimum absolute atomic E-state index is 0.250. The Kier molecular flexibility index (Phi) is 4.29. The lowest BCUT2D eigenvalue weighted by atomic mass is 10.3. The molecule has 0 spiro atoms. The molecule has 1 aromatic rings. The van der Waals surface area contributed by atoms with E-state index in [1.165, 1.54) is 9.47 Å². The molecular formula is C11H13N3O3. The number of aliphatic carboxylic acids is 1. The SMILES string of the molecule is CN(CCC#N)C(=O)c1cccn1CC(=O)O. The van der Waals surface area contributed by atoms with E-state index >= 15 is 0 Å². The van der Waals surface area contributed by atoms with Crippen molar-refractivity contribution in [2.75, 3.05) is 13.6 Å². The quantitative estimate of drug-likeness (QED) is 0.807. The molecule has 90 valence electrons. The number of aromatic nitrogens is 1. The van der Waals surface area contributed by atoms with Gasteiger partial charge in [-0.15, -0.1) is 0 Å². The van der Waals surface area contributed by atoms with E-state index in [1.807, 2.05) is 6.07 Å². The maximum atomic E-state index is 11.9. The van der Waals surface area contributed by atoms with Gasteiger partial charge in [-0.1, -0.05) is 0 Å². The van der Waals surface area contributed by atoms with E-state index in [0.717, 1.165) is 0 Å². The zero-order valence-corrected chi connectivity index (χ0v) is 9.46. The molecule has 6 heteroatoms. The molecule has 0 aliphatic carbocycles. The Labute approximate surface area is 98.7 Å². The average molecular weight is 235 g/mol. The highest BCUT2D eigenvalue weighted by molar-refractivity contribution is 5.93. The summed E-state index contributed by atoms with van der Waals surface area (Å²) in [5, 5.41) is 17.1. The Balaban J connectivity index is 2.78. The lowest BCUT2D eigenvalue weighted by Gasteiger charge is -2.16. The fraction of sp³-hybridized carbons (Fsp3) is 0.364. The average Bonchev–Trinajstić information content (AvgIpc) is 2.71. The monoisotopic (exact) mass is 235 g/mol. The van der Waals surface area contributed by atoms with Crippen LogP contribution in [0.1, 0.15) is 16.9 Å². The van der Waals surface area contributed by atoms with E-state index in [9.17, 15) is 9.59 Å². The van der Waals surface area contributed by atoms with Crippen LogP contribution in [0.15, 0.2) is 18.3 Å². The molecule has 1 heterocycles. The number of hydrogen-bond donors (Lipinski definition) is 1. The highest BCUT2D eigenvalue weighted by Gasteiger charge is 2.16. The van der Waals surface area contributed by atoms with Gasteiger partial charge in [0.1, 0.15) is 12.2 Å². The highest BCUT2D eigenvalue weighted by atomic mass is 16.4. The molecule has 17 heavy (non-hydrogen) atoms. The fourth-order valence-electron chi connectivity index (χ4n) is 1.41. The number of rotatable bonds is 5. The van der Waals surface area contributed by atoms with Crippen LogP contribution in [0.25, 0.3) is 0 Å². The Morgan fingerprint density at radius 1 is 1.59 bits per heavy atom. The first-order chi connectivity index (χ1) is 8.06. The molecule has 0 fully saturated rings. The Morgan fingerprint density at radius 3 is 2.88 bits per heavy atom. The second kappa shape index (κ2) is 5.70. The molecule has 1 rings (SSSR count). The Bertz CT molecular complexity index is 459. The van der Waals surface area contributed by atoms with Crippen molar-refractivity contribution in [2.24, 2.45) is 0 Å². The Hall–Kier alpha value is -2.29. The molecule has 0 atom stereocenters. The third kappa shape index (κ3) is 3.34. The minimum atomic E-state index is -1.00. The van der Waals surface area contributed by atoms with E-state index in [0.29, 0.717) is 12.2 Å². The number of carbonyl (C=O) groups excluding carboxylic acids is 1. The van der Waals surface area contributed by atoms with Crippen molar-refractivity contribution in [3.63, 3.8) is 0 Å². The minimum Gasteiger partial charge on any atom is -0.480 e. The number of carbonyl (C=O) groups is 2. The van der Waals surface area contributed by atoms with Crippen molar-refractivity contribution in [2.45, 2.75) is 13.0 Å². The predicted octanol–water partition coefficient (Wildman–Crippen LogP) is 0.558. The van der Waals surface area contributed by atoms with E-state index in [1.54, 1.807) is 25.4 Å². The summed E-state index contributed by atoms with van der Waals surface area (Å²) in [7, 11) is 1.58. The summed E-state index contributed by atoms with van der Waals surface area (Å²) >= 11 is 0. The first-order valence-electron chi connectivity index (χ1n) is 5.05. The topological polar surface area (TPSA) is 86.3 Å². The van der Waals surface area contributed by atoms with Crippen LogP contribution in [-0.4, -0.2) is 40.0 Å². The molecule has 0 aromatic carbocycles. The van der Waals surface area contributed by atoms with Gasteiger partial charge in [-0.05, 0) is 12.1 Å². The summed E-state index contributed by atoms with van der Waals surface area (Å²) < 4.78 is 1.37. The zero-order valence-electron chi connectivity index (χ0n) is 9.46. The lowest BCUT2D eigenvalue weighted by Crippen LogP contribution is -2.30. The summed E-state index contributed by atoms with van der Waals surface area (Å²) in [6.45, 7) is 0.0771. The first kappa shape index (κ1) is 12.8. The van der Waals surface area contributed by atoms with Crippen LogP contribution in [0.3, 0.4) is 0 Å². The summed E-state index contributed by atoms with van der Waals surface area (Å²) in [6.07, 6.45) is 1.79. The number of carboxylic acids is 1. The van der Waals surface area contributed by atoms with Crippen molar-refractivity contribution < 1.29 is 14.7 Å². The lowest BCUT2D eigenvalue weighted by molar-refractivity contribution is -0.137. The third-order valence-corrected chi connectivity index (χ3v) is 2.26. The van der Waals surface area contributed by atoms with E-state index in [-0.39, 0.29) is 18.9 Å². The molecule has 0 unspecified atom stereocenters. The molecule has 0 radical (unpaired) electrons. The van der Waals surface area contributed by atoms with Crippen LogP contribution in [0.4, 0.5) is 0 Å². The molecule has 0 saturated heterocycles. The molecule has 0 bridgehead atoms. The number of amides is 1. The maximum Gasteiger partial charge on any atom is 0.323 e. The maximum absolute atomic E-state index is 11.9. The fourth-order valence-corrected chi connectivity index (χ4v) is 1.41. The van der Waals surface area contributed by atoms with Crippen molar-refractivity contribution >= 4 is 11.9 Å². The van der Waals surface area contributed by atoms with Gasteiger partial charge in [0, 0.05) is 19.8 Å². The number of hydrogen-bond acceptors (Lipinski definition) is 3. The smallest absolute Gasteiger partial charge is 0.323 e. The van der Waals surface area contributed by atoms with E-state index in [2.05, 4.69) is 0 Å². The molecule has 6 nitrogen and oxygen atoms in total. The first-order valence-corrected chi connectivity index (χ1v) is 5.05. The molecule has 1 amide bonds. The van der Waals surface area contributed by atoms with Gasteiger partial charge in [0.05, 0.1) is 12.5 Å². The van der Waals surface area contributed by atoms with Crippen LogP contribution >= 0.6 is 0 Å².